The molecule has 12 heavy (non-hydrogen) atoms. The van der Waals surface area contributed by atoms with Crippen LogP contribution in [-0.2, 0) is 6.42 Å². The summed E-state index contributed by atoms with van der Waals surface area (Å²) in [6, 6.07) is 0. The van der Waals surface area contributed by atoms with Gasteiger partial charge in [-0.05, 0) is 25.7 Å². The molecule has 1 aromatic heterocycles. The summed E-state index contributed by atoms with van der Waals surface area (Å²) in [7, 11) is 0. The van der Waals surface area contributed by atoms with Crippen molar-refractivity contribution in [1.29, 1.82) is 0 Å². The Bertz CT molecular complexity index is 265. The largest absolute Gasteiger partial charge is 0.387 e. The summed E-state index contributed by atoms with van der Waals surface area (Å²) in [6.45, 7) is 1.76. The van der Waals surface area contributed by atoms with E-state index in [1.165, 1.54) is 17.8 Å². The summed E-state index contributed by atoms with van der Waals surface area (Å²) in [4.78, 5) is 4.36. The molecule has 1 aliphatic rings. The van der Waals surface area contributed by atoms with E-state index in [1.807, 2.05) is 5.38 Å². The minimum atomic E-state index is -0.408. The first kappa shape index (κ1) is 8.20. The summed E-state index contributed by atoms with van der Waals surface area (Å²) in [6.07, 6.45) is 3.44. The van der Waals surface area contributed by atoms with Gasteiger partial charge in [0.1, 0.15) is 0 Å². The van der Waals surface area contributed by atoms with Crippen LogP contribution in [0.2, 0.25) is 0 Å². The van der Waals surface area contributed by atoms with Gasteiger partial charge in [0, 0.05) is 11.8 Å². The maximum Gasteiger partial charge on any atom is 0.0940 e. The molecule has 2 rings (SSSR count). The molecule has 1 N–H and O–H groups in total. The van der Waals surface area contributed by atoms with Crippen LogP contribution in [0.1, 0.15) is 36.6 Å². The van der Waals surface area contributed by atoms with Crippen molar-refractivity contribution >= 4 is 11.3 Å². The van der Waals surface area contributed by atoms with Crippen LogP contribution in [-0.4, -0.2) is 10.1 Å². The van der Waals surface area contributed by atoms with Gasteiger partial charge in [0.05, 0.1) is 16.8 Å². The van der Waals surface area contributed by atoms with Gasteiger partial charge < -0.3 is 5.11 Å². The van der Waals surface area contributed by atoms with Crippen LogP contribution in [0, 0.1) is 5.92 Å². The van der Waals surface area contributed by atoms with Gasteiger partial charge in [-0.2, -0.15) is 0 Å². The highest BCUT2D eigenvalue weighted by molar-refractivity contribution is 7.09. The van der Waals surface area contributed by atoms with Crippen LogP contribution in [0.25, 0.3) is 0 Å². The van der Waals surface area contributed by atoms with E-state index >= 15 is 0 Å². The first-order valence-corrected chi connectivity index (χ1v) is 5.26. The molecule has 0 amide bonds. The van der Waals surface area contributed by atoms with E-state index in [9.17, 15) is 5.11 Å². The average molecular weight is 183 g/mol. The Morgan fingerprint density at radius 2 is 2.50 bits per heavy atom. The van der Waals surface area contributed by atoms with Crippen molar-refractivity contribution in [3.63, 3.8) is 0 Å². The standard InChI is InChI=1S/C9H13NOS/c1-6(11)8-5-12-9(10-8)4-7-2-3-7/h5-7,11H,2-4H2,1H3. The minimum Gasteiger partial charge on any atom is -0.387 e. The second-order valence-electron chi connectivity index (χ2n) is 3.49. The van der Waals surface area contributed by atoms with Gasteiger partial charge in [-0.3, -0.25) is 0 Å². The fourth-order valence-corrected chi connectivity index (χ4v) is 2.18. The lowest BCUT2D eigenvalue weighted by Gasteiger charge is -1.96. The highest BCUT2D eigenvalue weighted by Gasteiger charge is 2.23. The number of nitrogens with zero attached hydrogens (tertiary/aromatic N) is 1. The molecule has 1 aliphatic carbocycles. The monoisotopic (exact) mass is 183 g/mol. The molecule has 0 bridgehead atoms. The zero-order chi connectivity index (χ0) is 8.55. The first-order chi connectivity index (χ1) is 5.75. The van der Waals surface area contributed by atoms with Crippen molar-refractivity contribution in [1.82, 2.24) is 4.98 Å². The number of hydrogen-bond donors (Lipinski definition) is 1. The Hall–Kier alpha value is -0.410. The van der Waals surface area contributed by atoms with E-state index in [0.717, 1.165) is 18.0 Å². The smallest absolute Gasteiger partial charge is 0.0940 e. The van der Waals surface area contributed by atoms with Crippen molar-refractivity contribution in [2.45, 2.75) is 32.3 Å². The number of thiazole rings is 1. The number of aliphatic hydroxyl groups is 1. The van der Waals surface area contributed by atoms with Gasteiger partial charge >= 0.3 is 0 Å². The van der Waals surface area contributed by atoms with Crippen molar-refractivity contribution in [2.75, 3.05) is 0 Å². The van der Waals surface area contributed by atoms with Crippen molar-refractivity contribution in [3.8, 4) is 0 Å². The molecule has 0 radical (unpaired) electrons. The van der Waals surface area contributed by atoms with Crippen molar-refractivity contribution in [2.24, 2.45) is 5.92 Å². The summed E-state index contributed by atoms with van der Waals surface area (Å²) >= 11 is 1.68. The van der Waals surface area contributed by atoms with E-state index in [1.54, 1.807) is 18.3 Å². The van der Waals surface area contributed by atoms with E-state index in [0.29, 0.717) is 0 Å². The van der Waals surface area contributed by atoms with Gasteiger partial charge in [-0.25, -0.2) is 4.98 Å². The molecule has 0 aromatic carbocycles. The molecule has 2 nitrogen and oxygen atoms in total. The normalized spacial score (nSPS) is 19.5. The number of aliphatic hydroxyl groups excluding tert-OH is 1. The predicted octanol–water partition coefficient (Wildman–Crippen LogP) is 2.15. The molecular formula is C9H13NOS. The third kappa shape index (κ3) is 1.84. The quantitative estimate of drug-likeness (QED) is 0.779. The molecule has 1 saturated carbocycles. The lowest BCUT2D eigenvalue weighted by molar-refractivity contribution is 0.195. The summed E-state index contributed by atoms with van der Waals surface area (Å²) in [5, 5.41) is 12.4. The number of aromatic nitrogens is 1. The van der Waals surface area contributed by atoms with Gasteiger partial charge in [0.15, 0.2) is 0 Å². The highest BCUT2D eigenvalue weighted by atomic mass is 32.1. The van der Waals surface area contributed by atoms with Crippen molar-refractivity contribution in [3.05, 3.63) is 16.1 Å². The van der Waals surface area contributed by atoms with Crippen LogP contribution in [0.5, 0.6) is 0 Å². The zero-order valence-corrected chi connectivity index (χ0v) is 7.97. The highest BCUT2D eigenvalue weighted by Crippen LogP contribution is 2.33. The molecule has 1 heterocycles. The summed E-state index contributed by atoms with van der Waals surface area (Å²) in [5.74, 6) is 0.887. The van der Waals surface area contributed by atoms with E-state index in [4.69, 9.17) is 0 Å². The van der Waals surface area contributed by atoms with Crippen LogP contribution in [0.3, 0.4) is 0 Å². The Morgan fingerprint density at radius 3 is 3.00 bits per heavy atom. The Labute approximate surface area is 76.3 Å². The Kier molecular flexibility index (Phi) is 2.15. The maximum atomic E-state index is 9.23. The molecule has 66 valence electrons. The van der Waals surface area contributed by atoms with Crippen LogP contribution < -0.4 is 0 Å². The van der Waals surface area contributed by atoms with Gasteiger partial charge in [-0.15, -0.1) is 11.3 Å². The number of hydrogen-bond acceptors (Lipinski definition) is 3. The first-order valence-electron chi connectivity index (χ1n) is 4.38. The van der Waals surface area contributed by atoms with Gasteiger partial charge in [0.25, 0.3) is 0 Å². The summed E-state index contributed by atoms with van der Waals surface area (Å²) < 4.78 is 0. The molecule has 0 saturated heterocycles. The van der Waals surface area contributed by atoms with Crippen LogP contribution in [0.15, 0.2) is 5.38 Å². The van der Waals surface area contributed by atoms with Gasteiger partial charge in [-0.1, -0.05) is 0 Å². The molecule has 3 heteroatoms. The SMILES string of the molecule is CC(O)c1csc(CC2CC2)n1. The molecule has 0 aliphatic heterocycles. The molecule has 0 spiro atoms. The third-order valence-corrected chi connectivity index (χ3v) is 3.05. The molecule has 1 unspecified atom stereocenters. The van der Waals surface area contributed by atoms with Crippen LogP contribution in [0.4, 0.5) is 0 Å². The lowest BCUT2D eigenvalue weighted by Crippen LogP contribution is -1.92. The average Bonchev–Trinajstić information content (AvgIpc) is 2.66. The van der Waals surface area contributed by atoms with E-state index in [2.05, 4.69) is 4.98 Å². The Balaban J connectivity index is 2.02. The fourth-order valence-electron chi connectivity index (χ4n) is 1.18. The zero-order valence-electron chi connectivity index (χ0n) is 7.16. The van der Waals surface area contributed by atoms with E-state index in [-0.39, 0.29) is 0 Å². The maximum absolute atomic E-state index is 9.23. The van der Waals surface area contributed by atoms with Crippen molar-refractivity contribution < 1.29 is 5.11 Å². The molecule has 1 aromatic rings. The number of rotatable bonds is 3. The second kappa shape index (κ2) is 3.15. The fraction of sp³-hybridized carbons (Fsp3) is 0.667. The van der Waals surface area contributed by atoms with Gasteiger partial charge in [0.2, 0.25) is 0 Å². The topological polar surface area (TPSA) is 33.1 Å². The Morgan fingerprint density at radius 1 is 1.75 bits per heavy atom. The molecule has 1 atom stereocenters. The second-order valence-corrected chi connectivity index (χ2v) is 4.43. The lowest BCUT2D eigenvalue weighted by atomic mass is 10.3. The van der Waals surface area contributed by atoms with E-state index < -0.39 is 6.10 Å². The van der Waals surface area contributed by atoms with Crippen LogP contribution >= 0.6 is 11.3 Å². The molecule has 1 fully saturated rings. The predicted molar refractivity (Wildman–Crippen MR) is 49.2 cm³/mol. The molecular weight excluding hydrogens is 170 g/mol. The third-order valence-electron chi connectivity index (χ3n) is 2.16. The summed E-state index contributed by atoms with van der Waals surface area (Å²) in [5.41, 5.74) is 0.829. The minimum absolute atomic E-state index is 0.408.